The first kappa shape index (κ1) is 30.3. The fraction of sp³-hybridized carbons (Fsp3) is 0.0889. The zero-order chi connectivity index (χ0) is 32.4. The smallest absolute Gasteiger partial charge is 0.184 e. The molecule has 1 fully saturated rings. The molecule has 2 aliphatic carbocycles. The number of allylic oxidation sites excluding steroid dienone is 4. The minimum Gasteiger partial charge on any atom is -0.290 e. The van der Waals surface area contributed by atoms with Crippen molar-refractivity contribution >= 4 is 53.1 Å². The van der Waals surface area contributed by atoms with Crippen LogP contribution in [0.25, 0.3) is 0 Å². The summed E-state index contributed by atoms with van der Waals surface area (Å²) in [6.45, 7) is 0. The zero-order valence-corrected chi connectivity index (χ0v) is 29.1. The minimum atomic E-state index is -3.07. The van der Waals surface area contributed by atoms with Gasteiger partial charge in [0.15, 0.2) is 21.9 Å². The van der Waals surface area contributed by atoms with Crippen LogP contribution in [0.4, 0.5) is 0 Å². The van der Waals surface area contributed by atoms with E-state index < -0.39 is 16.1 Å². The Morgan fingerprint density at radius 1 is 0.312 bits per heavy atom. The highest BCUT2D eigenvalue weighted by Crippen LogP contribution is 2.45. The molecule has 0 radical (unpaired) electrons. The lowest BCUT2D eigenvalue weighted by Crippen LogP contribution is -2.72. The van der Waals surface area contributed by atoms with E-state index in [-0.39, 0.29) is 5.78 Å². The number of ketones is 1. The monoisotopic (exact) mass is 650 g/mol. The van der Waals surface area contributed by atoms with E-state index in [2.05, 4.69) is 182 Å². The third-order valence-electron chi connectivity index (χ3n) is 10.5. The maximum atomic E-state index is 16.4. The summed E-state index contributed by atoms with van der Waals surface area (Å²) in [6.07, 6.45) is 4.07. The molecule has 0 N–H and O–H groups in total. The first-order valence-electron chi connectivity index (χ1n) is 17.1. The SMILES string of the molecule is O=C1C([Si](c2ccccc2)(c2ccccc2)c2ccccc2)=C2CCCCC2=C1[Si](c1ccccc1)(c1ccccc1)c1ccccc1. The Kier molecular flexibility index (Phi) is 8.09. The molecular weight excluding hydrogens is 613 g/mol. The molecule has 0 aromatic heterocycles. The van der Waals surface area contributed by atoms with Gasteiger partial charge in [-0.1, -0.05) is 182 Å². The molecule has 6 aromatic carbocycles. The number of rotatable bonds is 8. The van der Waals surface area contributed by atoms with E-state index in [0.29, 0.717) is 0 Å². The molecule has 3 heteroatoms. The average Bonchev–Trinajstić information content (AvgIpc) is 3.47. The van der Waals surface area contributed by atoms with E-state index in [9.17, 15) is 0 Å². The Morgan fingerprint density at radius 3 is 0.729 bits per heavy atom. The normalized spacial score (nSPS) is 15.0. The van der Waals surface area contributed by atoms with Gasteiger partial charge in [-0.15, -0.1) is 0 Å². The minimum absolute atomic E-state index is 0.272. The van der Waals surface area contributed by atoms with Crippen molar-refractivity contribution in [1.29, 1.82) is 0 Å². The molecule has 1 nitrogen and oxygen atoms in total. The van der Waals surface area contributed by atoms with Crippen LogP contribution in [0.1, 0.15) is 25.7 Å². The van der Waals surface area contributed by atoms with Crippen LogP contribution in [0.5, 0.6) is 0 Å². The van der Waals surface area contributed by atoms with Gasteiger partial charge in [-0.25, -0.2) is 0 Å². The largest absolute Gasteiger partial charge is 0.290 e. The van der Waals surface area contributed by atoms with E-state index in [1.54, 1.807) is 0 Å². The summed E-state index contributed by atoms with van der Waals surface area (Å²) in [7, 11) is -6.15. The lowest BCUT2D eigenvalue weighted by Gasteiger charge is -2.38. The van der Waals surface area contributed by atoms with Crippen molar-refractivity contribution in [3.05, 3.63) is 204 Å². The maximum Gasteiger partial charge on any atom is 0.184 e. The van der Waals surface area contributed by atoms with Gasteiger partial charge in [0.25, 0.3) is 0 Å². The third kappa shape index (κ3) is 4.69. The molecule has 0 bridgehead atoms. The fourth-order valence-corrected chi connectivity index (χ4v) is 19.0. The van der Waals surface area contributed by atoms with Gasteiger partial charge in [0.1, 0.15) is 0 Å². The summed E-state index contributed by atoms with van der Waals surface area (Å²) in [5.74, 6) is 0.272. The summed E-state index contributed by atoms with van der Waals surface area (Å²) in [5.41, 5.74) is 2.65. The standard InChI is InChI=1S/C45H38OSi2/c46-43-44(47(35-21-7-1-8-22-35,36-23-9-2-10-24-36)37-25-11-3-12-26-37)41-33-19-20-34-42(41)45(43)48(38-27-13-4-14-28-38,39-29-15-5-16-30-39)40-31-17-6-18-32-40/h1-18,21-32H,19-20,33-34H2. The van der Waals surface area contributed by atoms with Crippen molar-refractivity contribution in [2.24, 2.45) is 0 Å². The van der Waals surface area contributed by atoms with Gasteiger partial charge in [0, 0.05) is 10.4 Å². The molecule has 232 valence electrons. The number of benzene rings is 6. The van der Waals surface area contributed by atoms with Crippen LogP contribution in [0, 0.1) is 0 Å². The number of hydrogen-bond donors (Lipinski definition) is 0. The average molecular weight is 651 g/mol. The lowest BCUT2D eigenvalue weighted by molar-refractivity contribution is -0.111. The topological polar surface area (TPSA) is 17.1 Å². The van der Waals surface area contributed by atoms with Crippen LogP contribution in [0.2, 0.25) is 0 Å². The highest BCUT2D eigenvalue weighted by atomic mass is 28.3. The Hall–Kier alpha value is -5.10. The van der Waals surface area contributed by atoms with Crippen LogP contribution in [0.3, 0.4) is 0 Å². The van der Waals surface area contributed by atoms with Crippen LogP contribution in [0.15, 0.2) is 204 Å². The van der Waals surface area contributed by atoms with Gasteiger partial charge in [0.05, 0.1) is 0 Å². The van der Waals surface area contributed by atoms with E-state index in [1.165, 1.54) is 42.3 Å². The second-order valence-corrected chi connectivity index (χ2v) is 20.4. The highest BCUT2D eigenvalue weighted by molar-refractivity contribution is 7.22. The first-order valence-corrected chi connectivity index (χ1v) is 21.1. The van der Waals surface area contributed by atoms with Crippen LogP contribution < -0.4 is 31.1 Å². The van der Waals surface area contributed by atoms with Crippen molar-refractivity contribution < 1.29 is 4.79 Å². The van der Waals surface area contributed by atoms with Crippen molar-refractivity contribution in [1.82, 2.24) is 0 Å². The Labute approximate surface area is 286 Å². The highest BCUT2D eigenvalue weighted by Gasteiger charge is 2.56. The van der Waals surface area contributed by atoms with E-state index in [4.69, 9.17) is 0 Å². The summed E-state index contributed by atoms with van der Waals surface area (Å²) in [5, 5.41) is 9.72. The number of carbonyl (C=O) groups excluding carboxylic acids is 1. The molecule has 8 rings (SSSR count). The summed E-state index contributed by atoms with van der Waals surface area (Å²) in [6, 6.07) is 65.8. The molecule has 6 aromatic rings. The molecule has 1 saturated carbocycles. The second kappa shape index (κ2) is 12.8. The first-order chi connectivity index (χ1) is 23.8. The molecule has 0 atom stereocenters. The van der Waals surface area contributed by atoms with Crippen LogP contribution >= 0.6 is 0 Å². The van der Waals surface area contributed by atoms with Crippen molar-refractivity contribution in [2.75, 3.05) is 0 Å². The Bertz CT molecular complexity index is 1760. The van der Waals surface area contributed by atoms with Crippen LogP contribution in [-0.2, 0) is 4.79 Å². The quantitative estimate of drug-likeness (QED) is 0.143. The number of fused-ring (bicyclic) bond motifs is 1. The van der Waals surface area contributed by atoms with Gasteiger partial charge in [-0.05, 0) is 67.9 Å². The molecule has 0 heterocycles. The molecule has 0 spiro atoms. The number of Topliss-reactive ketones (excluding diaryl/α,β-unsaturated/α-hetero) is 1. The zero-order valence-electron chi connectivity index (χ0n) is 27.1. The molecule has 0 amide bonds. The summed E-state index contributed by atoms with van der Waals surface area (Å²) < 4.78 is 0. The van der Waals surface area contributed by atoms with E-state index >= 15 is 4.79 Å². The Morgan fingerprint density at radius 2 is 0.521 bits per heavy atom. The predicted octanol–water partition coefficient (Wildman–Crippen LogP) is 6.16. The van der Waals surface area contributed by atoms with Crippen molar-refractivity contribution in [2.45, 2.75) is 25.7 Å². The molecule has 0 unspecified atom stereocenters. The van der Waals surface area contributed by atoms with E-state index in [0.717, 1.165) is 36.1 Å². The van der Waals surface area contributed by atoms with Crippen molar-refractivity contribution in [3.8, 4) is 0 Å². The molecule has 0 saturated heterocycles. The fourth-order valence-electron chi connectivity index (χ4n) is 8.64. The third-order valence-corrected chi connectivity index (χ3v) is 20.3. The number of hydrogen-bond acceptors (Lipinski definition) is 1. The molecule has 2 aliphatic rings. The Balaban J connectivity index is 1.51. The maximum absolute atomic E-state index is 16.4. The summed E-state index contributed by atoms with van der Waals surface area (Å²) in [4.78, 5) is 16.4. The van der Waals surface area contributed by atoms with Gasteiger partial charge in [0.2, 0.25) is 0 Å². The van der Waals surface area contributed by atoms with Crippen LogP contribution in [-0.4, -0.2) is 21.9 Å². The summed E-state index contributed by atoms with van der Waals surface area (Å²) >= 11 is 0. The second-order valence-electron chi connectivity index (χ2n) is 12.9. The molecular formula is C45H38OSi2. The number of carbonyl (C=O) groups is 1. The van der Waals surface area contributed by atoms with Crippen molar-refractivity contribution in [3.63, 3.8) is 0 Å². The van der Waals surface area contributed by atoms with Gasteiger partial charge >= 0.3 is 0 Å². The predicted molar refractivity (Wildman–Crippen MR) is 205 cm³/mol. The van der Waals surface area contributed by atoms with Gasteiger partial charge < -0.3 is 0 Å². The van der Waals surface area contributed by atoms with Gasteiger partial charge in [-0.3, -0.25) is 4.79 Å². The lowest BCUT2D eigenvalue weighted by atomic mass is 9.92. The van der Waals surface area contributed by atoms with Gasteiger partial charge in [-0.2, -0.15) is 0 Å². The van der Waals surface area contributed by atoms with E-state index in [1.807, 2.05) is 0 Å². The molecule has 0 aliphatic heterocycles. The molecule has 48 heavy (non-hydrogen) atoms.